The van der Waals surface area contributed by atoms with Crippen LogP contribution in [-0.2, 0) is 13.0 Å². The fourth-order valence-corrected chi connectivity index (χ4v) is 3.84. The highest BCUT2D eigenvalue weighted by Crippen LogP contribution is 2.37. The molecule has 1 fully saturated rings. The number of aliphatic hydroxyl groups is 1. The molecule has 1 atom stereocenters. The first-order chi connectivity index (χ1) is 10.3. The van der Waals surface area contributed by atoms with Gasteiger partial charge in [0.1, 0.15) is 0 Å². The van der Waals surface area contributed by atoms with Gasteiger partial charge in [0.05, 0.1) is 6.61 Å². The Bertz CT molecular complexity index is 664. The van der Waals surface area contributed by atoms with Gasteiger partial charge in [-0.25, -0.2) is 0 Å². The lowest BCUT2D eigenvalue weighted by molar-refractivity contribution is 0.153. The number of hydrogen-bond acceptors (Lipinski definition) is 2. The molecule has 0 radical (unpaired) electrons. The highest BCUT2D eigenvalue weighted by atomic mass is 16.3. The molecule has 2 aliphatic rings. The zero-order valence-electron chi connectivity index (χ0n) is 12.3. The van der Waals surface area contributed by atoms with E-state index in [1.807, 2.05) is 0 Å². The minimum atomic E-state index is 0.288. The molecule has 0 aromatic heterocycles. The molecule has 1 heterocycles. The largest absolute Gasteiger partial charge is 0.395 e. The fourth-order valence-electron chi connectivity index (χ4n) is 3.84. The second-order valence-electron chi connectivity index (χ2n) is 6.27. The zero-order chi connectivity index (χ0) is 14.2. The van der Waals surface area contributed by atoms with E-state index in [0.717, 1.165) is 25.9 Å². The van der Waals surface area contributed by atoms with Crippen molar-refractivity contribution in [3.63, 3.8) is 0 Å². The molecule has 0 amide bonds. The molecule has 0 unspecified atom stereocenters. The minimum absolute atomic E-state index is 0.288. The van der Waals surface area contributed by atoms with E-state index in [0.29, 0.717) is 6.04 Å². The molecular formula is C19H21NO. The van der Waals surface area contributed by atoms with Gasteiger partial charge in [0.2, 0.25) is 0 Å². The van der Waals surface area contributed by atoms with Gasteiger partial charge in [-0.05, 0) is 53.6 Å². The van der Waals surface area contributed by atoms with Crippen molar-refractivity contribution in [3.8, 4) is 11.1 Å². The van der Waals surface area contributed by atoms with E-state index in [1.165, 1.54) is 34.2 Å². The second-order valence-corrected chi connectivity index (χ2v) is 6.27. The average molecular weight is 279 g/mol. The third kappa shape index (κ3) is 2.29. The van der Waals surface area contributed by atoms with Gasteiger partial charge in [0.15, 0.2) is 0 Å². The maximum atomic E-state index is 9.45. The Morgan fingerprint density at radius 2 is 1.90 bits per heavy atom. The summed E-state index contributed by atoms with van der Waals surface area (Å²) in [5.41, 5.74) is 7.07. The Morgan fingerprint density at radius 1 is 1.05 bits per heavy atom. The number of likely N-dealkylation sites (tertiary alicyclic amines) is 1. The number of hydrogen-bond donors (Lipinski definition) is 1. The predicted molar refractivity (Wildman–Crippen MR) is 85.2 cm³/mol. The Labute approximate surface area is 126 Å². The maximum Gasteiger partial charge on any atom is 0.0587 e. The van der Waals surface area contributed by atoms with Crippen molar-refractivity contribution in [2.75, 3.05) is 13.2 Å². The van der Waals surface area contributed by atoms with Crippen molar-refractivity contribution in [3.05, 3.63) is 59.2 Å². The molecule has 1 saturated heterocycles. The van der Waals surface area contributed by atoms with Crippen LogP contribution in [0.4, 0.5) is 0 Å². The van der Waals surface area contributed by atoms with Gasteiger partial charge < -0.3 is 5.11 Å². The fraction of sp³-hybridized carbons (Fsp3) is 0.368. The Balaban J connectivity index is 1.59. The quantitative estimate of drug-likeness (QED) is 0.796. The molecular weight excluding hydrogens is 258 g/mol. The van der Waals surface area contributed by atoms with Crippen molar-refractivity contribution in [1.29, 1.82) is 0 Å². The molecule has 1 aliphatic carbocycles. The standard InChI is InChI=1S/C19H21NO/c21-13-17-5-3-9-20(17)12-14-7-8-19-16(10-14)11-15-4-1-2-6-18(15)19/h1-2,4,6-8,10,17,21H,3,5,9,11-13H2/t17-/m0/s1. The molecule has 2 nitrogen and oxygen atoms in total. The first kappa shape index (κ1) is 13.1. The van der Waals surface area contributed by atoms with Crippen molar-refractivity contribution in [1.82, 2.24) is 4.90 Å². The summed E-state index contributed by atoms with van der Waals surface area (Å²) in [5.74, 6) is 0. The molecule has 2 aromatic rings. The zero-order valence-corrected chi connectivity index (χ0v) is 12.3. The lowest BCUT2D eigenvalue weighted by Gasteiger charge is -2.22. The molecule has 0 spiro atoms. The van der Waals surface area contributed by atoms with Crippen LogP contribution in [0, 0.1) is 0 Å². The van der Waals surface area contributed by atoms with E-state index >= 15 is 0 Å². The molecule has 0 saturated carbocycles. The summed E-state index contributed by atoms with van der Waals surface area (Å²) >= 11 is 0. The summed E-state index contributed by atoms with van der Waals surface area (Å²) in [4.78, 5) is 2.42. The first-order valence-corrected chi connectivity index (χ1v) is 7.90. The SMILES string of the molecule is OC[C@@H]1CCCN1Cc1ccc2c(c1)Cc1ccccc1-2. The van der Waals surface area contributed by atoms with E-state index in [4.69, 9.17) is 0 Å². The van der Waals surface area contributed by atoms with Crippen molar-refractivity contribution in [2.45, 2.75) is 31.8 Å². The van der Waals surface area contributed by atoms with Crippen LogP contribution in [0.15, 0.2) is 42.5 Å². The highest BCUT2D eigenvalue weighted by Gasteiger charge is 2.24. The molecule has 4 rings (SSSR count). The van der Waals surface area contributed by atoms with Gasteiger partial charge in [0, 0.05) is 12.6 Å². The van der Waals surface area contributed by atoms with Crippen LogP contribution in [0.1, 0.15) is 29.5 Å². The van der Waals surface area contributed by atoms with Crippen molar-refractivity contribution < 1.29 is 5.11 Å². The van der Waals surface area contributed by atoms with Crippen LogP contribution >= 0.6 is 0 Å². The number of rotatable bonds is 3. The van der Waals surface area contributed by atoms with Gasteiger partial charge >= 0.3 is 0 Å². The summed E-state index contributed by atoms with van der Waals surface area (Å²) in [6.07, 6.45) is 3.40. The minimum Gasteiger partial charge on any atom is -0.395 e. The summed E-state index contributed by atoms with van der Waals surface area (Å²) in [5, 5.41) is 9.45. The van der Waals surface area contributed by atoms with Gasteiger partial charge in [-0.1, -0.05) is 42.5 Å². The van der Waals surface area contributed by atoms with E-state index in [9.17, 15) is 5.11 Å². The maximum absolute atomic E-state index is 9.45. The third-order valence-electron chi connectivity index (χ3n) is 4.95. The topological polar surface area (TPSA) is 23.5 Å². The summed E-state index contributed by atoms with van der Waals surface area (Å²) in [7, 11) is 0. The first-order valence-electron chi connectivity index (χ1n) is 7.90. The van der Waals surface area contributed by atoms with Crippen LogP contribution in [0.25, 0.3) is 11.1 Å². The molecule has 1 aliphatic heterocycles. The smallest absolute Gasteiger partial charge is 0.0587 e. The van der Waals surface area contributed by atoms with E-state index < -0.39 is 0 Å². The molecule has 2 heteroatoms. The van der Waals surface area contributed by atoms with Gasteiger partial charge in [-0.15, -0.1) is 0 Å². The number of nitrogens with zero attached hydrogens (tertiary/aromatic N) is 1. The summed E-state index contributed by atoms with van der Waals surface area (Å²) < 4.78 is 0. The Hall–Kier alpha value is -1.64. The van der Waals surface area contributed by atoms with Crippen molar-refractivity contribution in [2.24, 2.45) is 0 Å². The van der Waals surface area contributed by atoms with Crippen LogP contribution in [0.3, 0.4) is 0 Å². The number of aliphatic hydroxyl groups excluding tert-OH is 1. The third-order valence-corrected chi connectivity index (χ3v) is 4.95. The van der Waals surface area contributed by atoms with Crippen LogP contribution in [0.2, 0.25) is 0 Å². The number of fused-ring (bicyclic) bond motifs is 3. The Morgan fingerprint density at radius 3 is 2.81 bits per heavy atom. The second kappa shape index (κ2) is 5.28. The molecule has 21 heavy (non-hydrogen) atoms. The lowest BCUT2D eigenvalue weighted by atomic mass is 10.0. The summed E-state index contributed by atoms with van der Waals surface area (Å²) in [6.45, 7) is 2.37. The summed E-state index contributed by atoms with van der Waals surface area (Å²) in [6, 6.07) is 16.0. The van der Waals surface area contributed by atoms with E-state index in [2.05, 4.69) is 47.4 Å². The van der Waals surface area contributed by atoms with Crippen LogP contribution < -0.4 is 0 Å². The monoisotopic (exact) mass is 279 g/mol. The van der Waals surface area contributed by atoms with Crippen molar-refractivity contribution >= 4 is 0 Å². The molecule has 1 N–H and O–H groups in total. The molecule has 108 valence electrons. The lowest BCUT2D eigenvalue weighted by Crippen LogP contribution is -2.31. The number of benzene rings is 2. The Kier molecular flexibility index (Phi) is 3.28. The molecule has 0 bridgehead atoms. The average Bonchev–Trinajstić information content (AvgIpc) is 3.10. The van der Waals surface area contributed by atoms with Gasteiger partial charge in [-0.2, -0.15) is 0 Å². The predicted octanol–water partition coefficient (Wildman–Crippen LogP) is 3.21. The normalized spacial score (nSPS) is 20.5. The van der Waals surface area contributed by atoms with Gasteiger partial charge in [0.25, 0.3) is 0 Å². The highest BCUT2D eigenvalue weighted by molar-refractivity contribution is 5.76. The van der Waals surface area contributed by atoms with Crippen LogP contribution in [0.5, 0.6) is 0 Å². The van der Waals surface area contributed by atoms with E-state index in [-0.39, 0.29) is 6.61 Å². The van der Waals surface area contributed by atoms with Crippen LogP contribution in [-0.4, -0.2) is 29.2 Å². The molecule has 2 aromatic carbocycles. The van der Waals surface area contributed by atoms with Gasteiger partial charge in [-0.3, -0.25) is 4.90 Å². The van der Waals surface area contributed by atoms with E-state index in [1.54, 1.807) is 0 Å².